The van der Waals surface area contributed by atoms with Gasteiger partial charge < -0.3 is 14.9 Å². The molecule has 2 saturated heterocycles. The molecule has 2 aromatic rings. The summed E-state index contributed by atoms with van der Waals surface area (Å²) in [5.74, 6) is -0.976. The minimum Gasteiger partial charge on any atom is -0.390 e. The van der Waals surface area contributed by atoms with Crippen LogP contribution in [0.5, 0.6) is 0 Å². The number of hydrogen-bond donors (Lipinski definition) is 1. The van der Waals surface area contributed by atoms with Gasteiger partial charge in [-0.15, -0.1) is 0 Å². The molecule has 1 N–H and O–H groups in total. The van der Waals surface area contributed by atoms with Crippen molar-refractivity contribution >= 4 is 34.6 Å². The first-order valence-corrected chi connectivity index (χ1v) is 9.98. The van der Waals surface area contributed by atoms with E-state index in [-0.39, 0.29) is 35.2 Å². The molecule has 2 fully saturated rings. The number of nitrogens with zero attached hydrogens (tertiary/aromatic N) is 6. The lowest BCUT2D eigenvalue weighted by Crippen LogP contribution is -2.75. The van der Waals surface area contributed by atoms with Crippen LogP contribution in [0.4, 0.5) is 23.0 Å². The lowest BCUT2D eigenvalue weighted by Gasteiger charge is -2.56. The Balaban J connectivity index is 1.60. The SMILES string of the molecule is O=C1C2C=CN(c3ccc([N+](=O)[O-])cn3)C1C1C(=O)CC(O)C2N1c1ccc([N+](=O)[O-])cn1. The van der Waals surface area contributed by atoms with Crippen LogP contribution in [0.15, 0.2) is 48.9 Å². The third-order valence-corrected chi connectivity index (χ3v) is 6.21. The highest BCUT2D eigenvalue weighted by Crippen LogP contribution is 2.42. The number of carbonyl (C=O) groups is 2. The Morgan fingerprint density at radius 3 is 2.09 bits per heavy atom. The maximum Gasteiger partial charge on any atom is 0.287 e. The third-order valence-electron chi connectivity index (χ3n) is 6.21. The average molecular weight is 452 g/mol. The lowest BCUT2D eigenvalue weighted by molar-refractivity contribution is -0.385. The number of aromatic nitrogens is 2. The van der Waals surface area contributed by atoms with E-state index in [1.54, 1.807) is 17.2 Å². The van der Waals surface area contributed by atoms with E-state index >= 15 is 0 Å². The highest BCUT2D eigenvalue weighted by Gasteiger charge is 2.59. The number of anilines is 2. The van der Waals surface area contributed by atoms with Crippen molar-refractivity contribution in [2.24, 2.45) is 5.92 Å². The van der Waals surface area contributed by atoms with Gasteiger partial charge in [-0.1, -0.05) is 6.08 Å². The molecule has 0 spiro atoms. The van der Waals surface area contributed by atoms with Gasteiger partial charge in [0, 0.05) is 24.8 Å². The van der Waals surface area contributed by atoms with E-state index in [2.05, 4.69) is 9.97 Å². The van der Waals surface area contributed by atoms with Crippen LogP contribution >= 0.6 is 0 Å². The molecular weight excluding hydrogens is 436 g/mol. The van der Waals surface area contributed by atoms with Crippen LogP contribution in [0, 0.1) is 26.1 Å². The van der Waals surface area contributed by atoms with Crippen LogP contribution in [0.3, 0.4) is 0 Å². The number of Topliss-reactive ketones (excluding diaryl/α,β-unsaturated/α-hetero) is 2. The minimum absolute atomic E-state index is 0.158. The van der Waals surface area contributed by atoms with Gasteiger partial charge in [-0.25, -0.2) is 9.97 Å². The first-order chi connectivity index (χ1) is 15.8. The number of carbonyl (C=O) groups excluding carboxylic acids is 2. The van der Waals surface area contributed by atoms with E-state index in [4.69, 9.17) is 0 Å². The Morgan fingerprint density at radius 2 is 1.55 bits per heavy atom. The zero-order valence-electron chi connectivity index (χ0n) is 16.8. The first-order valence-electron chi connectivity index (χ1n) is 9.98. The van der Waals surface area contributed by atoms with E-state index < -0.39 is 45.8 Å². The number of ketones is 2. The topological polar surface area (TPSA) is 173 Å². The van der Waals surface area contributed by atoms with Gasteiger partial charge in [0.2, 0.25) is 0 Å². The lowest BCUT2D eigenvalue weighted by atomic mass is 9.70. The van der Waals surface area contributed by atoms with Gasteiger partial charge >= 0.3 is 0 Å². The Kier molecular flexibility index (Phi) is 4.63. The molecule has 13 heteroatoms. The smallest absolute Gasteiger partial charge is 0.287 e. The molecule has 168 valence electrons. The fraction of sp³-hybridized carbons (Fsp3) is 0.300. The molecule has 5 heterocycles. The van der Waals surface area contributed by atoms with Gasteiger partial charge in [0.1, 0.15) is 36.1 Å². The fourth-order valence-corrected chi connectivity index (χ4v) is 4.80. The second-order valence-corrected chi connectivity index (χ2v) is 7.97. The number of rotatable bonds is 4. The molecule has 0 aromatic carbocycles. The molecule has 2 aromatic heterocycles. The summed E-state index contributed by atoms with van der Waals surface area (Å²) in [5, 5.41) is 32.6. The molecule has 13 nitrogen and oxygen atoms in total. The Hall–Kier alpha value is -4.26. The molecule has 4 bridgehead atoms. The second-order valence-electron chi connectivity index (χ2n) is 7.97. The van der Waals surface area contributed by atoms with E-state index in [1.165, 1.54) is 29.2 Å². The van der Waals surface area contributed by atoms with Crippen LogP contribution in [-0.4, -0.2) is 60.7 Å². The Morgan fingerprint density at radius 1 is 0.939 bits per heavy atom. The molecule has 5 atom stereocenters. The molecule has 33 heavy (non-hydrogen) atoms. The van der Waals surface area contributed by atoms with Crippen molar-refractivity contribution in [2.75, 3.05) is 9.80 Å². The van der Waals surface area contributed by atoms with Crippen molar-refractivity contribution in [1.82, 2.24) is 9.97 Å². The zero-order valence-corrected chi connectivity index (χ0v) is 16.8. The van der Waals surface area contributed by atoms with Crippen molar-refractivity contribution in [2.45, 2.75) is 30.7 Å². The second kappa shape index (κ2) is 7.41. The van der Waals surface area contributed by atoms with E-state index in [9.17, 15) is 34.9 Å². The molecule has 5 rings (SSSR count). The standard InChI is InChI=1S/C20H16N6O7/c27-13-7-14(28)18-19-20(29)12(5-6-23(19)15-3-1-10(8-21-15)25(30)31)17(13)24(18)16-4-2-11(9-22-16)26(32)33/h1-6,8-9,12-13,17-19,27H,7H2. The van der Waals surface area contributed by atoms with Crippen LogP contribution in [0.1, 0.15) is 6.42 Å². The van der Waals surface area contributed by atoms with E-state index in [1.807, 2.05) is 0 Å². The molecule has 3 aliphatic heterocycles. The summed E-state index contributed by atoms with van der Waals surface area (Å²) in [6, 6.07) is 2.45. The summed E-state index contributed by atoms with van der Waals surface area (Å²) >= 11 is 0. The monoisotopic (exact) mass is 452 g/mol. The van der Waals surface area contributed by atoms with Crippen LogP contribution < -0.4 is 9.80 Å². The average Bonchev–Trinajstić information content (AvgIpc) is 2.78. The number of aliphatic hydroxyl groups excluding tert-OH is 1. The molecule has 3 aliphatic rings. The summed E-state index contributed by atoms with van der Waals surface area (Å²) < 4.78 is 0. The summed E-state index contributed by atoms with van der Waals surface area (Å²) in [5.41, 5.74) is -0.457. The first kappa shape index (κ1) is 20.6. The molecule has 0 saturated carbocycles. The summed E-state index contributed by atoms with van der Waals surface area (Å²) in [6.07, 6.45) is 4.02. The van der Waals surface area contributed by atoms with Crippen LogP contribution in [0.25, 0.3) is 0 Å². The van der Waals surface area contributed by atoms with Gasteiger partial charge in [-0.3, -0.25) is 29.8 Å². The quantitative estimate of drug-likeness (QED) is 0.513. The van der Waals surface area contributed by atoms with Crippen molar-refractivity contribution < 1.29 is 24.5 Å². The highest BCUT2D eigenvalue weighted by molar-refractivity contribution is 6.05. The van der Waals surface area contributed by atoms with Gasteiger partial charge in [-0.2, -0.15) is 0 Å². The molecule has 0 radical (unpaired) electrons. The number of piperidine rings is 2. The fourth-order valence-electron chi connectivity index (χ4n) is 4.80. The van der Waals surface area contributed by atoms with E-state index in [0.717, 1.165) is 12.4 Å². The number of hydrogen-bond acceptors (Lipinski definition) is 11. The molecular formula is C20H16N6O7. The summed E-state index contributed by atoms with van der Waals surface area (Å²) in [7, 11) is 0. The predicted octanol–water partition coefficient (Wildman–Crippen LogP) is 0.772. The maximum absolute atomic E-state index is 13.4. The number of pyridine rings is 2. The zero-order chi connectivity index (χ0) is 23.4. The van der Waals surface area contributed by atoms with E-state index in [0.29, 0.717) is 0 Å². The van der Waals surface area contributed by atoms with Crippen LogP contribution in [-0.2, 0) is 9.59 Å². The van der Waals surface area contributed by atoms with Crippen molar-refractivity contribution in [1.29, 1.82) is 0 Å². The largest absolute Gasteiger partial charge is 0.390 e. The summed E-state index contributed by atoms with van der Waals surface area (Å²) in [4.78, 5) is 58.5. The maximum atomic E-state index is 13.4. The number of nitro groups is 2. The van der Waals surface area contributed by atoms with Gasteiger partial charge in [-0.05, 0) is 12.1 Å². The van der Waals surface area contributed by atoms with Crippen molar-refractivity contribution in [3.05, 3.63) is 69.2 Å². The van der Waals surface area contributed by atoms with Gasteiger partial charge in [0.05, 0.1) is 27.9 Å². The predicted molar refractivity (Wildman–Crippen MR) is 111 cm³/mol. The van der Waals surface area contributed by atoms with Gasteiger partial charge in [0.15, 0.2) is 11.6 Å². The third kappa shape index (κ3) is 3.12. The molecule has 0 aliphatic carbocycles. The summed E-state index contributed by atoms with van der Waals surface area (Å²) in [6.45, 7) is 0. The van der Waals surface area contributed by atoms with Crippen molar-refractivity contribution in [3.63, 3.8) is 0 Å². The number of fused-ring (bicyclic) bond motifs is 6. The van der Waals surface area contributed by atoms with Gasteiger partial charge in [0.25, 0.3) is 11.4 Å². The molecule has 5 unspecified atom stereocenters. The number of aliphatic hydroxyl groups is 1. The normalized spacial score (nSPS) is 28.1. The Bertz CT molecular complexity index is 1200. The van der Waals surface area contributed by atoms with Crippen LogP contribution in [0.2, 0.25) is 0 Å². The highest BCUT2D eigenvalue weighted by atomic mass is 16.6. The Labute approximate surface area is 185 Å². The minimum atomic E-state index is -1.13. The molecule has 0 amide bonds. The van der Waals surface area contributed by atoms with Crippen molar-refractivity contribution in [3.8, 4) is 0 Å².